The summed E-state index contributed by atoms with van der Waals surface area (Å²) >= 11 is 0. The maximum Gasteiger partial charge on any atom is 0.128 e. The van der Waals surface area contributed by atoms with Crippen LogP contribution in [0.4, 0.5) is 11.5 Å². The Morgan fingerprint density at radius 1 is 1.19 bits per heavy atom. The van der Waals surface area contributed by atoms with Crippen molar-refractivity contribution < 1.29 is 4.74 Å². The van der Waals surface area contributed by atoms with Gasteiger partial charge in [-0.1, -0.05) is 0 Å². The van der Waals surface area contributed by atoms with E-state index in [1.807, 2.05) is 19.2 Å². The van der Waals surface area contributed by atoms with Gasteiger partial charge in [-0.3, -0.25) is 4.90 Å². The van der Waals surface area contributed by atoms with Crippen LogP contribution in [-0.2, 0) is 4.74 Å². The summed E-state index contributed by atoms with van der Waals surface area (Å²) in [5, 5.41) is 0. The van der Waals surface area contributed by atoms with E-state index in [0.29, 0.717) is 12.1 Å². The quantitative estimate of drug-likeness (QED) is 0.919. The Balaban J connectivity index is 1.54. The Kier molecular flexibility index (Phi) is 4.60. The van der Waals surface area contributed by atoms with Crippen molar-refractivity contribution in [3.8, 4) is 0 Å². The van der Waals surface area contributed by atoms with Gasteiger partial charge in [-0.15, -0.1) is 0 Å². The molecule has 0 spiro atoms. The maximum absolute atomic E-state index is 5.70. The molecular formula is C16H26N4O. The number of piperazine rings is 1. The highest BCUT2D eigenvalue weighted by atomic mass is 16.5. The molecule has 1 aromatic heterocycles. The lowest BCUT2D eigenvalue weighted by molar-refractivity contribution is 0.0263. The number of nitrogens with two attached hydrogens (primary N) is 1. The van der Waals surface area contributed by atoms with Gasteiger partial charge in [-0.05, 0) is 37.8 Å². The highest BCUT2D eigenvalue weighted by molar-refractivity contribution is 5.46. The number of hydrogen-bond donors (Lipinski definition) is 1. The number of ether oxygens (including phenoxy) is 1. The summed E-state index contributed by atoms with van der Waals surface area (Å²) in [7, 11) is 1.84. The number of anilines is 2. The average molecular weight is 290 g/mol. The lowest BCUT2D eigenvalue weighted by atomic mass is 9.91. The predicted molar refractivity (Wildman–Crippen MR) is 85.5 cm³/mol. The molecule has 2 fully saturated rings. The van der Waals surface area contributed by atoms with Crippen molar-refractivity contribution in [1.82, 2.24) is 9.88 Å². The first kappa shape index (κ1) is 14.6. The van der Waals surface area contributed by atoms with Gasteiger partial charge in [0.1, 0.15) is 5.82 Å². The first-order chi connectivity index (χ1) is 10.3. The van der Waals surface area contributed by atoms with Crippen LogP contribution in [-0.4, -0.2) is 55.3 Å². The molecular weight excluding hydrogens is 264 g/mol. The summed E-state index contributed by atoms with van der Waals surface area (Å²) in [6.07, 6.45) is 7.23. The molecule has 0 aromatic carbocycles. The average Bonchev–Trinajstić information content (AvgIpc) is 2.56. The Morgan fingerprint density at radius 3 is 2.67 bits per heavy atom. The fourth-order valence-electron chi connectivity index (χ4n) is 3.57. The van der Waals surface area contributed by atoms with Crippen LogP contribution in [0.1, 0.15) is 25.7 Å². The molecule has 2 atom stereocenters. The molecule has 1 aliphatic carbocycles. The maximum atomic E-state index is 5.70. The zero-order valence-corrected chi connectivity index (χ0v) is 12.9. The molecule has 2 heterocycles. The Morgan fingerprint density at radius 2 is 2.00 bits per heavy atom. The van der Waals surface area contributed by atoms with Crippen molar-refractivity contribution in [1.29, 1.82) is 0 Å². The van der Waals surface area contributed by atoms with Gasteiger partial charge >= 0.3 is 0 Å². The third-order valence-corrected chi connectivity index (χ3v) is 4.86. The van der Waals surface area contributed by atoms with Gasteiger partial charge in [0, 0.05) is 39.3 Å². The molecule has 0 bridgehead atoms. The molecule has 116 valence electrons. The molecule has 0 radical (unpaired) electrons. The molecule has 1 aromatic rings. The third kappa shape index (κ3) is 3.47. The zero-order valence-electron chi connectivity index (χ0n) is 12.9. The van der Waals surface area contributed by atoms with Gasteiger partial charge in [-0.25, -0.2) is 4.98 Å². The van der Waals surface area contributed by atoms with E-state index in [9.17, 15) is 0 Å². The van der Waals surface area contributed by atoms with Crippen molar-refractivity contribution in [2.45, 2.75) is 37.8 Å². The van der Waals surface area contributed by atoms with Crippen molar-refractivity contribution in [3.05, 3.63) is 18.3 Å². The molecule has 2 N–H and O–H groups in total. The van der Waals surface area contributed by atoms with Gasteiger partial charge in [0.05, 0.1) is 18.0 Å². The normalized spacial score (nSPS) is 27.8. The lowest BCUT2D eigenvalue weighted by Crippen LogP contribution is -2.52. The predicted octanol–water partition coefficient (Wildman–Crippen LogP) is 1.74. The lowest BCUT2D eigenvalue weighted by Gasteiger charge is -2.42. The second-order valence-electron chi connectivity index (χ2n) is 6.15. The first-order valence-electron chi connectivity index (χ1n) is 7.99. The molecule has 2 unspecified atom stereocenters. The molecule has 21 heavy (non-hydrogen) atoms. The van der Waals surface area contributed by atoms with Crippen LogP contribution >= 0.6 is 0 Å². The van der Waals surface area contributed by atoms with Crippen LogP contribution in [0.25, 0.3) is 0 Å². The van der Waals surface area contributed by atoms with E-state index in [1.54, 1.807) is 6.20 Å². The van der Waals surface area contributed by atoms with Crippen LogP contribution in [0.2, 0.25) is 0 Å². The first-order valence-corrected chi connectivity index (χ1v) is 7.99. The van der Waals surface area contributed by atoms with Crippen LogP contribution < -0.4 is 10.6 Å². The van der Waals surface area contributed by atoms with Gasteiger partial charge in [-0.2, -0.15) is 0 Å². The fourth-order valence-corrected chi connectivity index (χ4v) is 3.57. The van der Waals surface area contributed by atoms with Crippen molar-refractivity contribution >= 4 is 11.5 Å². The number of pyridine rings is 1. The van der Waals surface area contributed by atoms with Gasteiger partial charge < -0.3 is 15.4 Å². The minimum atomic E-state index is 0.459. The minimum absolute atomic E-state index is 0.459. The smallest absolute Gasteiger partial charge is 0.128 e. The number of hydrogen-bond acceptors (Lipinski definition) is 5. The Hall–Kier alpha value is -1.33. The summed E-state index contributed by atoms with van der Waals surface area (Å²) in [6.45, 7) is 4.33. The minimum Gasteiger partial charge on any atom is -0.397 e. The van der Waals surface area contributed by atoms with Gasteiger partial charge in [0.25, 0.3) is 0 Å². The Labute approximate surface area is 127 Å². The number of methoxy groups -OCH3 is 1. The number of aromatic nitrogens is 1. The second-order valence-corrected chi connectivity index (χ2v) is 6.15. The van der Waals surface area contributed by atoms with E-state index < -0.39 is 0 Å². The van der Waals surface area contributed by atoms with Gasteiger partial charge in [0.15, 0.2) is 0 Å². The molecule has 1 saturated carbocycles. The fraction of sp³-hybridized carbons (Fsp3) is 0.688. The van der Waals surface area contributed by atoms with E-state index in [0.717, 1.165) is 37.7 Å². The van der Waals surface area contributed by atoms with Crippen LogP contribution in [0.5, 0.6) is 0 Å². The summed E-state index contributed by atoms with van der Waals surface area (Å²) in [6, 6.07) is 4.65. The standard InChI is InChI=1S/C16H26N4O/c1-21-15-4-2-3-14(11-15)19-7-9-20(10-8-19)16-6-5-13(17)12-18-16/h5-6,12,14-15H,2-4,7-11,17H2,1H3. The van der Waals surface area contributed by atoms with Crippen LogP contribution in [0.15, 0.2) is 18.3 Å². The van der Waals surface area contributed by atoms with E-state index in [2.05, 4.69) is 14.8 Å². The highest BCUT2D eigenvalue weighted by Gasteiger charge is 2.29. The van der Waals surface area contributed by atoms with Crippen molar-refractivity contribution in [2.75, 3.05) is 43.9 Å². The summed E-state index contributed by atoms with van der Waals surface area (Å²) < 4.78 is 5.55. The number of nitrogen functional groups attached to an aromatic ring is 1. The topological polar surface area (TPSA) is 54.6 Å². The van der Waals surface area contributed by atoms with E-state index in [1.165, 1.54) is 25.7 Å². The molecule has 1 aliphatic heterocycles. The van der Waals surface area contributed by atoms with Gasteiger partial charge in [0.2, 0.25) is 0 Å². The third-order valence-electron chi connectivity index (χ3n) is 4.86. The number of nitrogens with zero attached hydrogens (tertiary/aromatic N) is 3. The Bertz CT molecular complexity index is 442. The molecule has 5 nitrogen and oxygen atoms in total. The highest BCUT2D eigenvalue weighted by Crippen LogP contribution is 2.26. The van der Waals surface area contributed by atoms with E-state index >= 15 is 0 Å². The van der Waals surface area contributed by atoms with Crippen molar-refractivity contribution in [2.24, 2.45) is 0 Å². The second kappa shape index (κ2) is 6.62. The number of rotatable bonds is 3. The summed E-state index contributed by atoms with van der Waals surface area (Å²) in [5.41, 5.74) is 6.43. The SMILES string of the molecule is COC1CCCC(N2CCN(c3ccc(N)cn3)CC2)C1. The monoisotopic (exact) mass is 290 g/mol. The summed E-state index contributed by atoms with van der Waals surface area (Å²) in [4.78, 5) is 9.42. The largest absolute Gasteiger partial charge is 0.397 e. The molecule has 5 heteroatoms. The van der Waals surface area contributed by atoms with Crippen LogP contribution in [0, 0.1) is 0 Å². The molecule has 0 amide bonds. The summed E-state index contributed by atoms with van der Waals surface area (Å²) in [5.74, 6) is 1.04. The molecule has 3 rings (SSSR count). The van der Waals surface area contributed by atoms with E-state index in [-0.39, 0.29) is 0 Å². The zero-order chi connectivity index (χ0) is 14.7. The van der Waals surface area contributed by atoms with Crippen LogP contribution in [0.3, 0.4) is 0 Å². The van der Waals surface area contributed by atoms with E-state index in [4.69, 9.17) is 10.5 Å². The molecule has 2 aliphatic rings. The van der Waals surface area contributed by atoms with Crippen molar-refractivity contribution in [3.63, 3.8) is 0 Å². The molecule has 1 saturated heterocycles.